The predicted molar refractivity (Wildman–Crippen MR) is 74.4 cm³/mol. The molecule has 1 amide bonds. The van der Waals surface area contributed by atoms with Crippen LogP contribution in [0.1, 0.15) is 25.0 Å². The monoisotopic (exact) mass is 317 g/mol. The topological polar surface area (TPSA) is 45.7 Å². The summed E-state index contributed by atoms with van der Waals surface area (Å²) in [5, 5.41) is 0. The van der Waals surface area contributed by atoms with Gasteiger partial charge in [0.2, 0.25) is 0 Å². The number of ether oxygens (including phenoxy) is 1. The van der Waals surface area contributed by atoms with Crippen LogP contribution in [0.25, 0.3) is 0 Å². The smallest absolute Gasteiger partial charge is 0.428 e. The van der Waals surface area contributed by atoms with Gasteiger partial charge in [0.15, 0.2) is 6.73 Å². The number of carbonyl (C=O) groups excluding carboxylic acids is 1. The molecule has 0 unspecified atom stereocenters. The van der Waals surface area contributed by atoms with Gasteiger partial charge in [-0.3, -0.25) is 0 Å². The Morgan fingerprint density at radius 2 is 2.00 bits per heavy atom. The quantitative estimate of drug-likeness (QED) is 0.804. The fourth-order valence-corrected chi connectivity index (χ4v) is 2.18. The first kappa shape index (κ1) is 16.4. The number of hydrogen-bond donors (Lipinski definition) is 0. The summed E-state index contributed by atoms with van der Waals surface area (Å²) in [6.45, 7) is 1.17. The SMILES string of the molecule is CN(COC(=O)N1CCCCC1)c1cccc(C(F)(F)F)n1. The van der Waals surface area contributed by atoms with Crippen molar-refractivity contribution in [3.8, 4) is 0 Å². The number of nitrogens with zero attached hydrogens (tertiary/aromatic N) is 3. The molecule has 0 aliphatic carbocycles. The molecule has 8 heteroatoms. The molecule has 1 aromatic rings. The molecule has 1 aliphatic rings. The highest BCUT2D eigenvalue weighted by atomic mass is 19.4. The van der Waals surface area contributed by atoms with Crippen LogP contribution in [0.2, 0.25) is 0 Å². The summed E-state index contributed by atoms with van der Waals surface area (Å²) in [6.07, 6.45) is -1.96. The maximum Gasteiger partial charge on any atom is 0.433 e. The maximum atomic E-state index is 12.6. The lowest BCUT2D eigenvalue weighted by atomic mass is 10.1. The van der Waals surface area contributed by atoms with E-state index in [9.17, 15) is 18.0 Å². The predicted octanol–water partition coefficient (Wildman–Crippen LogP) is 3.12. The maximum absolute atomic E-state index is 12.6. The molecule has 1 fully saturated rings. The molecule has 0 saturated carbocycles. The van der Waals surface area contributed by atoms with Crippen LogP contribution in [0, 0.1) is 0 Å². The average Bonchev–Trinajstić information content (AvgIpc) is 2.52. The molecule has 5 nitrogen and oxygen atoms in total. The standard InChI is InChI=1S/C14H18F3N3O2/c1-19(10-22-13(21)20-8-3-2-4-9-20)12-7-5-6-11(18-12)14(15,16)17/h5-7H,2-4,8-10H2,1H3. The minimum Gasteiger partial charge on any atom is -0.428 e. The summed E-state index contributed by atoms with van der Waals surface area (Å²) in [7, 11) is 1.52. The second kappa shape index (κ2) is 6.85. The zero-order valence-corrected chi connectivity index (χ0v) is 12.3. The van der Waals surface area contributed by atoms with Crippen LogP contribution in [-0.2, 0) is 10.9 Å². The number of rotatable bonds is 3. The number of halogens is 3. The molecule has 0 radical (unpaired) electrons. The second-order valence-electron chi connectivity index (χ2n) is 5.16. The highest BCUT2D eigenvalue weighted by molar-refractivity contribution is 5.67. The summed E-state index contributed by atoms with van der Waals surface area (Å²) >= 11 is 0. The highest BCUT2D eigenvalue weighted by Gasteiger charge is 2.32. The Balaban J connectivity index is 1.91. The zero-order chi connectivity index (χ0) is 16.2. The summed E-state index contributed by atoms with van der Waals surface area (Å²) < 4.78 is 43.0. The minimum atomic E-state index is -4.50. The number of anilines is 1. The van der Waals surface area contributed by atoms with Gasteiger partial charge in [-0.25, -0.2) is 9.78 Å². The van der Waals surface area contributed by atoms with Gasteiger partial charge in [-0.05, 0) is 31.4 Å². The van der Waals surface area contributed by atoms with E-state index in [-0.39, 0.29) is 12.5 Å². The normalized spacial score (nSPS) is 15.5. The number of likely N-dealkylation sites (tertiary alicyclic amines) is 1. The molecule has 0 aromatic carbocycles. The Morgan fingerprint density at radius 3 is 2.64 bits per heavy atom. The molecule has 0 N–H and O–H groups in total. The van der Waals surface area contributed by atoms with Crippen molar-refractivity contribution in [2.45, 2.75) is 25.4 Å². The number of alkyl halides is 3. The molecule has 122 valence electrons. The van der Waals surface area contributed by atoms with Crippen molar-refractivity contribution in [2.24, 2.45) is 0 Å². The summed E-state index contributed by atoms with van der Waals surface area (Å²) in [5.74, 6) is 0.0984. The van der Waals surface area contributed by atoms with E-state index in [1.54, 1.807) is 4.90 Å². The average molecular weight is 317 g/mol. The fraction of sp³-hybridized carbons (Fsp3) is 0.571. The van der Waals surface area contributed by atoms with Crippen LogP contribution in [0.15, 0.2) is 18.2 Å². The highest BCUT2D eigenvalue weighted by Crippen LogP contribution is 2.28. The van der Waals surface area contributed by atoms with E-state index in [1.165, 1.54) is 24.1 Å². The second-order valence-corrected chi connectivity index (χ2v) is 5.16. The third-order valence-corrected chi connectivity index (χ3v) is 3.41. The van der Waals surface area contributed by atoms with Crippen LogP contribution < -0.4 is 4.90 Å². The molecule has 0 bridgehead atoms. The van der Waals surface area contributed by atoms with Gasteiger partial charge >= 0.3 is 12.3 Å². The number of carbonyl (C=O) groups is 1. The summed E-state index contributed by atoms with van der Waals surface area (Å²) in [6, 6.07) is 3.61. The van der Waals surface area contributed by atoms with Crippen molar-refractivity contribution < 1.29 is 22.7 Å². The molecule has 22 heavy (non-hydrogen) atoms. The first-order valence-electron chi connectivity index (χ1n) is 7.05. The van der Waals surface area contributed by atoms with Gasteiger partial charge in [-0.2, -0.15) is 13.2 Å². The number of hydrogen-bond acceptors (Lipinski definition) is 4. The molecule has 1 aromatic heterocycles. The Bertz CT molecular complexity index is 516. The minimum absolute atomic E-state index is 0.0984. The third kappa shape index (κ3) is 4.25. The lowest BCUT2D eigenvalue weighted by molar-refractivity contribution is -0.141. The number of amides is 1. The largest absolute Gasteiger partial charge is 0.433 e. The van der Waals surface area contributed by atoms with Crippen LogP contribution >= 0.6 is 0 Å². The lowest BCUT2D eigenvalue weighted by Crippen LogP contribution is -2.38. The van der Waals surface area contributed by atoms with Crippen molar-refractivity contribution >= 4 is 11.9 Å². The molecule has 1 aliphatic heterocycles. The summed E-state index contributed by atoms with van der Waals surface area (Å²) in [5.41, 5.74) is -0.973. The lowest BCUT2D eigenvalue weighted by Gasteiger charge is -2.27. The van der Waals surface area contributed by atoms with Gasteiger partial charge in [-0.15, -0.1) is 0 Å². The zero-order valence-electron chi connectivity index (χ0n) is 12.3. The first-order valence-corrected chi connectivity index (χ1v) is 7.05. The van der Waals surface area contributed by atoms with Gasteiger partial charge in [-0.1, -0.05) is 6.07 Å². The molecule has 0 spiro atoms. The Morgan fingerprint density at radius 1 is 1.32 bits per heavy atom. The molecule has 1 saturated heterocycles. The van der Waals surface area contributed by atoms with Crippen LogP contribution in [0.3, 0.4) is 0 Å². The van der Waals surface area contributed by atoms with E-state index >= 15 is 0 Å². The van der Waals surface area contributed by atoms with Gasteiger partial charge in [0.1, 0.15) is 11.5 Å². The van der Waals surface area contributed by atoms with E-state index < -0.39 is 18.0 Å². The van der Waals surface area contributed by atoms with Gasteiger partial charge < -0.3 is 14.5 Å². The van der Waals surface area contributed by atoms with E-state index in [0.29, 0.717) is 13.1 Å². The van der Waals surface area contributed by atoms with E-state index in [0.717, 1.165) is 25.3 Å². The molecule has 2 rings (SSSR count). The number of piperidine rings is 1. The van der Waals surface area contributed by atoms with Crippen LogP contribution in [0.4, 0.5) is 23.8 Å². The molecular formula is C14H18F3N3O2. The van der Waals surface area contributed by atoms with E-state index in [4.69, 9.17) is 4.74 Å². The van der Waals surface area contributed by atoms with Gasteiger partial charge in [0, 0.05) is 20.1 Å². The first-order chi connectivity index (χ1) is 10.4. The van der Waals surface area contributed by atoms with E-state index in [2.05, 4.69) is 4.98 Å². The van der Waals surface area contributed by atoms with E-state index in [1.807, 2.05) is 0 Å². The van der Waals surface area contributed by atoms with Crippen molar-refractivity contribution in [3.05, 3.63) is 23.9 Å². The molecular weight excluding hydrogens is 299 g/mol. The Hall–Kier alpha value is -1.99. The van der Waals surface area contributed by atoms with Crippen LogP contribution in [0.5, 0.6) is 0 Å². The number of aromatic nitrogens is 1. The number of pyridine rings is 1. The molecule has 0 atom stereocenters. The van der Waals surface area contributed by atoms with Gasteiger partial charge in [0.05, 0.1) is 0 Å². The summed E-state index contributed by atoms with van der Waals surface area (Å²) in [4.78, 5) is 18.3. The Kier molecular flexibility index (Phi) is 5.10. The van der Waals surface area contributed by atoms with Crippen LogP contribution in [-0.4, -0.2) is 42.8 Å². The van der Waals surface area contributed by atoms with Crippen molar-refractivity contribution in [1.29, 1.82) is 0 Å². The van der Waals surface area contributed by atoms with Crippen molar-refractivity contribution in [1.82, 2.24) is 9.88 Å². The van der Waals surface area contributed by atoms with Crippen molar-refractivity contribution in [2.75, 3.05) is 31.8 Å². The van der Waals surface area contributed by atoms with Crippen molar-refractivity contribution in [3.63, 3.8) is 0 Å². The molecule has 2 heterocycles. The third-order valence-electron chi connectivity index (χ3n) is 3.41. The Labute approximate surface area is 126 Å². The van der Waals surface area contributed by atoms with Gasteiger partial charge in [0.25, 0.3) is 0 Å². The fourth-order valence-electron chi connectivity index (χ4n) is 2.18.